The lowest BCUT2D eigenvalue weighted by atomic mass is 9.51. The molecule has 20 heavy (non-hydrogen) atoms. The van der Waals surface area contributed by atoms with E-state index in [2.05, 4.69) is 10.6 Å². The van der Waals surface area contributed by atoms with Crippen LogP contribution in [-0.2, 0) is 4.74 Å². The molecule has 5 heteroatoms. The van der Waals surface area contributed by atoms with Crippen molar-refractivity contribution in [3.63, 3.8) is 0 Å². The molecule has 0 heterocycles. The molecule has 0 aromatic rings. The number of carbonyl (C=O) groups is 1. The third kappa shape index (κ3) is 2.31. The van der Waals surface area contributed by atoms with Gasteiger partial charge in [-0.1, -0.05) is 6.42 Å². The summed E-state index contributed by atoms with van der Waals surface area (Å²) in [6, 6.07) is 0.174. The number of amides is 2. The predicted molar refractivity (Wildman–Crippen MR) is 75.4 cm³/mol. The number of nitrogens with one attached hydrogen (secondary N) is 2. The van der Waals surface area contributed by atoms with Crippen LogP contribution in [0.25, 0.3) is 0 Å². The van der Waals surface area contributed by atoms with Crippen LogP contribution in [0.4, 0.5) is 4.79 Å². The summed E-state index contributed by atoms with van der Waals surface area (Å²) in [5, 5.41) is 15.3. The second-order valence-corrected chi connectivity index (χ2v) is 6.80. The fourth-order valence-electron chi connectivity index (χ4n) is 3.69. The van der Waals surface area contributed by atoms with Crippen LogP contribution in [0.3, 0.4) is 0 Å². The van der Waals surface area contributed by atoms with Gasteiger partial charge in [0.1, 0.15) is 0 Å². The Morgan fingerprint density at radius 1 is 1.35 bits per heavy atom. The molecule has 114 valence electrons. The summed E-state index contributed by atoms with van der Waals surface area (Å²) < 4.78 is 5.78. The van der Waals surface area contributed by atoms with Crippen LogP contribution in [0.5, 0.6) is 0 Å². The van der Waals surface area contributed by atoms with E-state index in [0.29, 0.717) is 12.6 Å². The van der Waals surface area contributed by atoms with Crippen molar-refractivity contribution in [1.29, 1.82) is 0 Å². The minimum absolute atomic E-state index is 0.0288. The maximum absolute atomic E-state index is 12.0. The van der Waals surface area contributed by atoms with Crippen molar-refractivity contribution in [2.75, 3.05) is 19.8 Å². The van der Waals surface area contributed by atoms with Gasteiger partial charge in [0.05, 0.1) is 12.7 Å². The molecule has 3 aliphatic carbocycles. The van der Waals surface area contributed by atoms with Crippen molar-refractivity contribution in [3.05, 3.63) is 0 Å². The SMILES string of the molecule is CCO[C@@H]1C[C@H](NC(=O)NCC2(CO)CC2)C12CCC2. The molecule has 0 aliphatic heterocycles. The van der Waals surface area contributed by atoms with Crippen LogP contribution in [0.15, 0.2) is 0 Å². The molecule has 3 fully saturated rings. The molecular weight excluding hydrogens is 256 g/mol. The van der Waals surface area contributed by atoms with E-state index in [-0.39, 0.29) is 29.5 Å². The van der Waals surface area contributed by atoms with Crippen molar-refractivity contribution in [2.24, 2.45) is 10.8 Å². The Balaban J connectivity index is 1.45. The molecule has 2 atom stereocenters. The van der Waals surface area contributed by atoms with E-state index in [1.807, 2.05) is 6.92 Å². The fourth-order valence-corrected chi connectivity index (χ4v) is 3.69. The Labute approximate surface area is 120 Å². The highest BCUT2D eigenvalue weighted by Gasteiger charge is 2.59. The number of aliphatic hydroxyl groups excluding tert-OH is 1. The van der Waals surface area contributed by atoms with Crippen molar-refractivity contribution >= 4 is 6.03 Å². The zero-order chi connectivity index (χ0) is 14.2. The smallest absolute Gasteiger partial charge is 0.315 e. The van der Waals surface area contributed by atoms with E-state index >= 15 is 0 Å². The number of rotatable bonds is 6. The number of ether oxygens (including phenoxy) is 1. The van der Waals surface area contributed by atoms with E-state index < -0.39 is 0 Å². The molecule has 0 bridgehead atoms. The Morgan fingerprint density at radius 2 is 2.10 bits per heavy atom. The third-order valence-corrected chi connectivity index (χ3v) is 5.66. The standard InChI is InChI=1S/C15H26N2O3/c1-2-20-12-8-11(15(12)4-3-5-15)17-13(19)16-9-14(10-18)6-7-14/h11-12,18H,2-10H2,1H3,(H2,16,17,19)/t11-,12+/m0/s1. The average molecular weight is 282 g/mol. The summed E-state index contributed by atoms with van der Waals surface area (Å²) in [7, 11) is 0. The van der Waals surface area contributed by atoms with Crippen LogP contribution in [0, 0.1) is 10.8 Å². The molecular formula is C15H26N2O3. The molecule has 5 nitrogen and oxygen atoms in total. The Morgan fingerprint density at radius 3 is 2.60 bits per heavy atom. The van der Waals surface area contributed by atoms with Gasteiger partial charge in [-0.3, -0.25) is 0 Å². The Bertz CT molecular complexity index is 377. The molecule has 2 amide bonds. The Kier molecular flexibility index (Phi) is 3.67. The average Bonchev–Trinajstić information content (AvgIpc) is 3.14. The summed E-state index contributed by atoms with van der Waals surface area (Å²) >= 11 is 0. The predicted octanol–water partition coefficient (Wildman–Crippen LogP) is 1.41. The molecule has 0 aromatic carbocycles. The van der Waals surface area contributed by atoms with Gasteiger partial charge in [0.15, 0.2) is 0 Å². The molecule has 1 spiro atoms. The molecule has 0 unspecified atom stereocenters. The minimum atomic E-state index is -0.0871. The van der Waals surface area contributed by atoms with E-state index in [1.165, 1.54) is 19.3 Å². The lowest BCUT2D eigenvalue weighted by Crippen LogP contribution is -2.68. The third-order valence-electron chi connectivity index (χ3n) is 5.66. The second kappa shape index (κ2) is 5.19. The normalized spacial score (nSPS) is 32.1. The first-order valence-electron chi connectivity index (χ1n) is 7.91. The Hall–Kier alpha value is -0.810. The second-order valence-electron chi connectivity index (χ2n) is 6.80. The van der Waals surface area contributed by atoms with Gasteiger partial charge in [-0.15, -0.1) is 0 Å². The van der Waals surface area contributed by atoms with Crippen LogP contribution < -0.4 is 10.6 Å². The lowest BCUT2D eigenvalue weighted by Gasteiger charge is -2.60. The molecule has 3 N–H and O–H groups in total. The first-order valence-corrected chi connectivity index (χ1v) is 7.91. The quantitative estimate of drug-likeness (QED) is 0.690. The van der Waals surface area contributed by atoms with Crippen LogP contribution in [-0.4, -0.2) is 43.0 Å². The van der Waals surface area contributed by atoms with E-state index in [1.54, 1.807) is 0 Å². The maximum atomic E-state index is 12.0. The summed E-state index contributed by atoms with van der Waals surface area (Å²) in [6.45, 7) is 3.55. The molecule has 0 saturated heterocycles. The zero-order valence-electron chi connectivity index (χ0n) is 12.3. The molecule has 3 saturated carbocycles. The van der Waals surface area contributed by atoms with Gasteiger partial charge in [-0.25, -0.2) is 4.79 Å². The van der Waals surface area contributed by atoms with Crippen molar-refractivity contribution in [2.45, 2.75) is 57.6 Å². The highest BCUT2D eigenvalue weighted by molar-refractivity contribution is 5.74. The first kappa shape index (κ1) is 14.1. The van der Waals surface area contributed by atoms with Gasteiger partial charge in [-0.2, -0.15) is 0 Å². The number of urea groups is 1. The van der Waals surface area contributed by atoms with Gasteiger partial charge in [0, 0.05) is 30.0 Å². The first-order chi connectivity index (χ1) is 9.64. The number of hydrogen-bond acceptors (Lipinski definition) is 3. The zero-order valence-corrected chi connectivity index (χ0v) is 12.3. The lowest BCUT2D eigenvalue weighted by molar-refractivity contribution is -0.169. The summed E-state index contributed by atoms with van der Waals surface area (Å²) in [6.07, 6.45) is 6.89. The number of aliphatic hydroxyl groups is 1. The molecule has 3 rings (SSSR count). The number of hydrogen-bond donors (Lipinski definition) is 3. The van der Waals surface area contributed by atoms with Gasteiger partial charge in [-0.05, 0) is 39.0 Å². The van der Waals surface area contributed by atoms with E-state index in [9.17, 15) is 9.90 Å². The van der Waals surface area contributed by atoms with Gasteiger partial charge in [0.2, 0.25) is 0 Å². The van der Waals surface area contributed by atoms with E-state index in [4.69, 9.17) is 4.74 Å². The summed E-state index contributed by atoms with van der Waals surface area (Å²) in [4.78, 5) is 12.0. The van der Waals surface area contributed by atoms with Gasteiger partial charge in [0.25, 0.3) is 0 Å². The minimum Gasteiger partial charge on any atom is -0.396 e. The maximum Gasteiger partial charge on any atom is 0.315 e. The highest BCUT2D eigenvalue weighted by atomic mass is 16.5. The molecule has 0 aromatic heterocycles. The topological polar surface area (TPSA) is 70.6 Å². The summed E-state index contributed by atoms with van der Waals surface area (Å²) in [5.74, 6) is 0. The van der Waals surface area contributed by atoms with Crippen LogP contribution in [0.2, 0.25) is 0 Å². The summed E-state index contributed by atoms with van der Waals surface area (Å²) in [5.41, 5.74) is 0.181. The molecule has 0 radical (unpaired) electrons. The number of carbonyl (C=O) groups excluding carboxylic acids is 1. The van der Waals surface area contributed by atoms with Crippen molar-refractivity contribution < 1.29 is 14.6 Å². The van der Waals surface area contributed by atoms with Gasteiger partial charge >= 0.3 is 6.03 Å². The van der Waals surface area contributed by atoms with Crippen molar-refractivity contribution in [1.82, 2.24) is 10.6 Å². The largest absolute Gasteiger partial charge is 0.396 e. The van der Waals surface area contributed by atoms with Crippen molar-refractivity contribution in [3.8, 4) is 0 Å². The van der Waals surface area contributed by atoms with Crippen LogP contribution in [0.1, 0.15) is 45.4 Å². The van der Waals surface area contributed by atoms with Gasteiger partial charge < -0.3 is 20.5 Å². The fraction of sp³-hybridized carbons (Fsp3) is 0.933. The highest BCUT2D eigenvalue weighted by Crippen LogP contribution is 2.57. The molecule has 3 aliphatic rings. The van der Waals surface area contributed by atoms with E-state index in [0.717, 1.165) is 25.9 Å². The monoisotopic (exact) mass is 282 g/mol. The van der Waals surface area contributed by atoms with Crippen LogP contribution >= 0.6 is 0 Å².